The Morgan fingerprint density at radius 2 is 2.12 bits per heavy atom. The monoisotopic (exact) mass is 301 g/mol. The van der Waals surface area contributed by atoms with Gasteiger partial charge in [-0.3, -0.25) is 4.57 Å². The van der Waals surface area contributed by atoms with Crippen LogP contribution in [-0.2, 0) is 4.57 Å². The maximum Gasteiger partial charge on any atom is 0.358 e. The van der Waals surface area contributed by atoms with Crippen LogP contribution < -0.4 is 5.73 Å². The first-order valence-corrected chi connectivity index (χ1v) is 9.41. The summed E-state index contributed by atoms with van der Waals surface area (Å²) >= 11 is 0. The minimum absolute atomic E-state index is 0.366. The Labute approximate surface area is 109 Å². The van der Waals surface area contributed by atoms with E-state index in [2.05, 4.69) is 6.92 Å². The number of aliphatic hydroxyl groups is 1. The standard InChI is InChI=1S/C9H20NO4PS2/c1-7-3-2-4-8(5-7)16-17-9(10,6-11)15(12,13)14/h7-8,11H,2-6,10H2,1H3,(H2,12,13,14). The second kappa shape index (κ2) is 6.28. The summed E-state index contributed by atoms with van der Waals surface area (Å²) < 4.78 is 9.32. The van der Waals surface area contributed by atoms with Gasteiger partial charge in [-0.15, -0.1) is 0 Å². The van der Waals surface area contributed by atoms with E-state index in [4.69, 9.17) is 20.6 Å². The zero-order chi connectivity index (χ0) is 13.1. The van der Waals surface area contributed by atoms with Crippen LogP contribution in [0.1, 0.15) is 32.6 Å². The predicted octanol–water partition coefficient (Wildman–Crippen LogP) is 1.73. The molecule has 1 rings (SSSR count). The van der Waals surface area contributed by atoms with Crippen LogP contribution in [-0.4, -0.2) is 31.4 Å². The molecule has 0 radical (unpaired) electrons. The number of nitrogens with two attached hydrogens (primary N) is 1. The highest BCUT2D eigenvalue weighted by molar-refractivity contribution is 8.78. The third-order valence-electron chi connectivity index (χ3n) is 2.94. The summed E-state index contributed by atoms with van der Waals surface area (Å²) in [5.74, 6) is 0.651. The molecular weight excluding hydrogens is 281 g/mol. The maximum absolute atomic E-state index is 11.2. The van der Waals surface area contributed by atoms with Crippen molar-refractivity contribution in [2.45, 2.75) is 42.5 Å². The normalized spacial score (nSPS) is 29.9. The molecule has 3 atom stereocenters. The van der Waals surface area contributed by atoms with E-state index in [-0.39, 0.29) is 0 Å². The fourth-order valence-corrected chi connectivity index (χ4v) is 6.23. The second-order valence-electron chi connectivity index (χ2n) is 4.62. The number of aliphatic hydroxyl groups excluding tert-OH is 1. The van der Waals surface area contributed by atoms with E-state index < -0.39 is 18.8 Å². The van der Waals surface area contributed by atoms with Crippen LogP contribution in [0.15, 0.2) is 0 Å². The zero-order valence-corrected chi connectivity index (χ0v) is 12.3. The Balaban J connectivity index is 2.50. The van der Waals surface area contributed by atoms with Gasteiger partial charge in [0.2, 0.25) is 0 Å². The minimum atomic E-state index is -4.50. The first-order valence-electron chi connectivity index (χ1n) is 5.58. The van der Waals surface area contributed by atoms with Gasteiger partial charge in [-0.2, -0.15) is 0 Å². The lowest BCUT2D eigenvalue weighted by Gasteiger charge is -2.31. The molecule has 0 aromatic heterocycles. The summed E-state index contributed by atoms with van der Waals surface area (Å²) in [6, 6.07) is 0. The Morgan fingerprint density at radius 1 is 1.47 bits per heavy atom. The van der Waals surface area contributed by atoms with Crippen molar-refractivity contribution >= 4 is 29.2 Å². The van der Waals surface area contributed by atoms with Gasteiger partial charge in [0.05, 0.1) is 6.61 Å². The molecule has 0 aromatic carbocycles. The van der Waals surface area contributed by atoms with E-state index in [1.54, 1.807) is 0 Å². The molecule has 0 bridgehead atoms. The average molecular weight is 301 g/mol. The van der Waals surface area contributed by atoms with E-state index in [0.717, 1.165) is 30.1 Å². The van der Waals surface area contributed by atoms with Crippen LogP contribution in [0.2, 0.25) is 0 Å². The molecular formula is C9H20NO4PS2. The van der Waals surface area contributed by atoms with Gasteiger partial charge in [0.1, 0.15) is 0 Å². The lowest BCUT2D eigenvalue weighted by Crippen LogP contribution is -2.39. The molecule has 17 heavy (non-hydrogen) atoms. The van der Waals surface area contributed by atoms with Crippen LogP contribution in [0.4, 0.5) is 0 Å². The molecule has 0 heterocycles. The summed E-state index contributed by atoms with van der Waals surface area (Å²) in [6.45, 7) is 1.46. The average Bonchev–Trinajstić information content (AvgIpc) is 2.24. The summed E-state index contributed by atoms with van der Waals surface area (Å²) in [5.41, 5.74) is 5.56. The molecule has 3 unspecified atom stereocenters. The fraction of sp³-hybridized carbons (Fsp3) is 1.00. The van der Waals surface area contributed by atoms with Crippen LogP contribution in [0.25, 0.3) is 0 Å². The van der Waals surface area contributed by atoms with Crippen molar-refractivity contribution in [2.75, 3.05) is 6.61 Å². The quantitative estimate of drug-likeness (QED) is 0.348. The van der Waals surface area contributed by atoms with E-state index in [9.17, 15) is 4.57 Å². The van der Waals surface area contributed by atoms with Crippen molar-refractivity contribution in [2.24, 2.45) is 11.7 Å². The summed E-state index contributed by atoms with van der Waals surface area (Å²) in [5, 5.41) is 9.42. The Hall–Kier alpha value is 0.770. The van der Waals surface area contributed by atoms with Crippen molar-refractivity contribution in [1.29, 1.82) is 0 Å². The first kappa shape index (κ1) is 15.8. The highest BCUT2D eigenvalue weighted by Crippen LogP contribution is 2.58. The van der Waals surface area contributed by atoms with E-state index in [1.807, 2.05) is 0 Å². The molecule has 1 fully saturated rings. The van der Waals surface area contributed by atoms with Crippen molar-refractivity contribution in [3.8, 4) is 0 Å². The minimum Gasteiger partial charge on any atom is -0.393 e. The Morgan fingerprint density at radius 3 is 2.59 bits per heavy atom. The summed E-state index contributed by atoms with van der Waals surface area (Å²) in [4.78, 5) is 18.2. The molecule has 0 saturated heterocycles. The van der Waals surface area contributed by atoms with E-state index in [1.165, 1.54) is 17.2 Å². The maximum atomic E-state index is 11.2. The SMILES string of the molecule is CC1CCCC(SSC(N)(CO)P(=O)(O)O)C1. The van der Waals surface area contributed by atoms with Crippen molar-refractivity contribution < 1.29 is 19.5 Å². The van der Waals surface area contributed by atoms with Gasteiger partial charge in [0.15, 0.2) is 4.61 Å². The number of hydrogen-bond acceptors (Lipinski definition) is 5. The zero-order valence-electron chi connectivity index (χ0n) is 9.78. The molecule has 8 heteroatoms. The molecule has 1 aliphatic carbocycles. The van der Waals surface area contributed by atoms with Gasteiger partial charge in [0, 0.05) is 5.25 Å². The molecule has 5 N–H and O–H groups in total. The first-order chi connectivity index (χ1) is 7.78. The summed E-state index contributed by atoms with van der Waals surface area (Å²) in [6.07, 6.45) is 4.45. The molecule has 5 nitrogen and oxygen atoms in total. The van der Waals surface area contributed by atoms with Crippen molar-refractivity contribution in [1.82, 2.24) is 0 Å². The van der Waals surface area contributed by atoms with Crippen LogP contribution in [0.5, 0.6) is 0 Å². The molecule has 1 aliphatic rings. The predicted molar refractivity (Wildman–Crippen MR) is 72.7 cm³/mol. The number of rotatable bonds is 5. The van der Waals surface area contributed by atoms with Gasteiger partial charge in [-0.05, 0) is 18.8 Å². The third kappa shape index (κ3) is 4.42. The fourth-order valence-electron chi connectivity index (χ4n) is 1.78. The van der Waals surface area contributed by atoms with Crippen LogP contribution >= 0.6 is 29.2 Å². The van der Waals surface area contributed by atoms with Crippen molar-refractivity contribution in [3.05, 3.63) is 0 Å². The largest absolute Gasteiger partial charge is 0.393 e. The van der Waals surface area contributed by atoms with Gasteiger partial charge in [-0.1, -0.05) is 41.4 Å². The van der Waals surface area contributed by atoms with Crippen molar-refractivity contribution in [3.63, 3.8) is 0 Å². The molecule has 0 aromatic rings. The van der Waals surface area contributed by atoms with Crippen LogP contribution in [0, 0.1) is 5.92 Å². The molecule has 0 amide bonds. The molecule has 0 spiro atoms. The second-order valence-corrected chi connectivity index (χ2v) is 9.64. The van der Waals surface area contributed by atoms with Gasteiger partial charge < -0.3 is 20.6 Å². The molecule has 0 aliphatic heterocycles. The Bertz CT molecular complexity index is 301. The highest BCUT2D eigenvalue weighted by Gasteiger charge is 2.44. The lowest BCUT2D eigenvalue weighted by atomic mass is 9.91. The number of hydrogen-bond donors (Lipinski definition) is 4. The van der Waals surface area contributed by atoms with Gasteiger partial charge in [0.25, 0.3) is 0 Å². The smallest absolute Gasteiger partial charge is 0.358 e. The topological polar surface area (TPSA) is 104 Å². The third-order valence-corrected chi connectivity index (χ3v) is 8.63. The molecule has 102 valence electrons. The van der Waals surface area contributed by atoms with E-state index in [0.29, 0.717) is 11.2 Å². The van der Waals surface area contributed by atoms with Crippen LogP contribution in [0.3, 0.4) is 0 Å². The van der Waals surface area contributed by atoms with Gasteiger partial charge >= 0.3 is 7.60 Å². The lowest BCUT2D eigenvalue weighted by molar-refractivity contribution is 0.255. The summed E-state index contributed by atoms with van der Waals surface area (Å²) in [7, 11) is -2.18. The Kier molecular flexibility index (Phi) is 5.85. The molecule has 1 saturated carbocycles. The van der Waals surface area contributed by atoms with Gasteiger partial charge in [-0.25, -0.2) is 0 Å². The van der Waals surface area contributed by atoms with E-state index >= 15 is 0 Å². The highest BCUT2D eigenvalue weighted by atomic mass is 33.1.